The summed E-state index contributed by atoms with van der Waals surface area (Å²) in [6, 6.07) is 11.0. The summed E-state index contributed by atoms with van der Waals surface area (Å²) in [5.41, 5.74) is 2.49. The van der Waals surface area contributed by atoms with Gasteiger partial charge in [0.2, 0.25) is 5.91 Å². The average molecular weight is 392 g/mol. The summed E-state index contributed by atoms with van der Waals surface area (Å²) in [4.78, 5) is 22.9. The number of amides is 1. The third kappa shape index (κ3) is 4.57. The van der Waals surface area contributed by atoms with Crippen molar-refractivity contribution < 1.29 is 4.79 Å². The predicted molar refractivity (Wildman–Crippen MR) is 102 cm³/mol. The minimum atomic E-state index is -0.0102. The van der Waals surface area contributed by atoms with Gasteiger partial charge in [0.1, 0.15) is 5.01 Å². The Morgan fingerprint density at radius 3 is 2.76 bits per heavy atom. The van der Waals surface area contributed by atoms with Crippen molar-refractivity contribution in [2.24, 2.45) is 0 Å². The van der Waals surface area contributed by atoms with Gasteiger partial charge in [-0.3, -0.25) is 9.78 Å². The van der Waals surface area contributed by atoms with Crippen molar-refractivity contribution in [3.05, 3.63) is 69.3 Å². The molecule has 2 aromatic heterocycles. The molecule has 0 saturated carbocycles. The van der Waals surface area contributed by atoms with E-state index in [9.17, 15) is 4.79 Å². The monoisotopic (exact) mass is 391 g/mol. The van der Waals surface area contributed by atoms with E-state index in [1.165, 1.54) is 11.3 Å². The van der Waals surface area contributed by atoms with E-state index in [1.54, 1.807) is 30.3 Å². The number of carbonyl (C=O) groups excluding carboxylic acids is 1. The SMILES string of the molecule is CN(Cc1ccc(Cl)c(Cl)c1)C(=O)Cc1csc(-c2ccccn2)n1. The Hall–Kier alpha value is -1.95. The molecule has 7 heteroatoms. The summed E-state index contributed by atoms with van der Waals surface area (Å²) in [6.45, 7) is 0.465. The van der Waals surface area contributed by atoms with E-state index in [0.717, 1.165) is 22.0 Å². The molecule has 0 spiro atoms. The van der Waals surface area contributed by atoms with E-state index in [1.807, 2.05) is 29.6 Å². The van der Waals surface area contributed by atoms with E-state index >= 15 is 0 Å². The molecule has 1 amide bonds. The van der Waals surface area contributed by atoms with Crippen molar-refractivity contribution in [2.75, 3.05) is 7.05 Å². The maximum Gasteiger partial charge on any atom is 0.228 e. The first-order chi connectivity index (χ1) is 12.0. The van der Waals surface area contributed by atoms with Crippen LogP contribution in [0.15, 0.2) is 48.0 Å². The van der Waals surface area contributed by atoms with Crippen molar-refractivity contribution in [1.29, 1.82) is 0 Å². The zero-order valence-electron chi connectivity index (χ0n) is 13.4. The molecule has 0 unspecified atom stereocenters. The Morgan fingerprint density at radius 1 is 1.20 bits per heavy atom. The zero-order chi connectivity index (χ0) is 17.8. The van der Waals surface area contributed by atoms with Gasteiger partial charge in [0.05, 0.1) is 27.9 Å². The molecule has 0 bridgehead atoms. The number of nitrogens with zero attached hydrogens (tertiary/aromatic N) is 3. The number of likely N-dealkylation sites (N-methyl/N-ethyl adjacent to an activating group) is 1. The number of rotatable bonds is 5. The Morgan fingerprint density at radius 2 is 2.04 bits per heavy atom. The molecule has 0 aliphatic rings. The van der Waals surface area contributed by atoms with E-state index in [2.05, 4.69) is 9.97 Å². The van der Waals surface area contributed by atoms with Gasteiger partial charge in [-0.25, -0.2) is 4.98 Å². The van der Waals surface area contributed by atoms with Gasteiger partial charge < -0.3 is 4.90 Å². The molecule has 0 N–H and O–H groups in total. The number of pyridine rings is 1. The molecule has 25 heavy (non-hydrogen) atoms. The molecule has 1 aromatic carbocycles. The lowest BCUT2D eigenvalue weighted by molar-refractivity contribution is -0.129. The second-order valence-corrected chi connectivity index (χ2v) is 7.21. The van der Waals surface area contributed by atoms with E-state index in [-0.39, 0.29) is 12.3 Å². The Kier molecular flexibility index (Phi) is 5.68. The van der Waals surface area contributed by atoms with Crippen LogP contribution >= 0.6 is 34.5 Å². The summed E-state index contributed by atoms with van der Waals surface area (Å²) in [5, 5.41) is 3.70. The Bertz CT molecular complexity index is 883. The van der Waals surface area contributed by atoms with Gasteiger partial charge >= 0.3 is 0 Å². The fraction of sp³-hybridized carbons (Fsp3) is 0.167. The number of thiazole rings is 1. The molecule has 0 aliphatic heterocycles. The average Bonchev–Trinajstić information content (AvgIpc) is 3.07. The first-order valence-electron chi connectivity index (χ1n) is 7.56. The number of hydrogen-bond donors (Lipinski definition) is 0. The summed E-state index contributed by atoms with van der Waals surface area (Å²) >= 11 is 13.4. The second kappa shape index (κ2) is 7.95. The molecule has 3 aromatic rings. The molecule has 4 nitrogen and oxygen atoms in total. The zero-order valence-corrected chi connectivity index (χ0v) is 15.8. The molecule has 2 heterocycles. The predicted octanol–water partition coefficient (Wildman–Crippen LogP) is 4.71. The summed E-state index contributed by atoms with van der Waals surface area (Å²) < 4.78 is 0. The van der Waals surface area contributed by atoms with E-state index in [0.29, 0.717) is 16.6 Å². The quantitative estimate of drug-likeness (QED) is 0.632. The first kappa shape index (κ1) is 17.9. The summed E-state index contributed by atoms with van der Waals surface area (Å²) in [5.74, 6) is -0.0102. The lowest BCUT2D eigenvalue weighted by atomic mass is 10.2. The number of hydrogen-bond acceptors (Lipinski definition) is 4. The lowest BCUT2D eigenvalue weighted by Crippen LogP contribution is -2.27. The van der Waals surface area contributed by atoms with Crippen LogP contribution in [0.3, 0.4) is 0 Å². The van der Waals surface area contributed by atoms with Crippen LogP contribution in [0.1, 0.15) is 11.3 Å². The van der Waals surface area contributed by atoms with Gasteiger partial charge in [-0.2, -0.15) is 0 Å². The van der Waals surface area contributed by atoms with Gasteiger partial charge in [-0.05, 0) is 29.8 Å². The van der Waals surface area contributed by atoms with Crippen molar-refractivity contribution in [3.8, 4) is 10.7 Å². The van der Waals surface area contributed by atoms with Gasteiger partial charge in [0.15, 0.2) is 0 Å². The van der Waals surface area contributed by atoms with Crippen LogP contribution in [0, 0.1) is 0 Å². The van der Waals surface area contributed by atoms with Crippen LogP contribution < -0.4 is 0 Å². The van der Waals surface area contributed by atoms with Crippen molar-refractivity contribution >= 4 is 40.4 Å². The molecule has 3 rings (SSSR count). The smallest absolute Gasteiger partial charge is 0.228 e. The van der Waals surface area contributed by atoms with Crippen molar-refractivity contribution in [2.45, 2.75) is 13.0 Å². The molecule has 0 atom stereocenters. The van der Waals surface area contributed by atoms with E-state index < -0.39 is 0 Å². The number of benzene rings is 1. The molecular weight excluding hydrogens is 377 g/mol. The standard InChI is InChI=1S/C18H15Cl2N3OS/c1-23(10-12-5-6-14(19)15(20)8-12)17(24)9-13-11-25-18(22-13)16-4-2-3-7-21-16/h2-8,11H,9-10H2,1H3. The van der Waals surface area contributed by atoms with Gasteiger partial charge in [0, 0.05) is 25.2 Å². The highest BCUT2D eigenvalue weighted by Crippen LogP contribution is 2.24. The Balaban J connectivity index is 1.63. The summed E-state index contributed by atoms with van der Waals surface area (Å²) in [7, 11) is 1.76. The maximum absolute atomic E-state index is 12.4. The van der Waals surface area contributed by atoms with Gasteiger partial charge in [0.25, 0.3) is 0 Å². The minimum Gasteiger partial charge on any atom is -0.341 e. The Labute approximate surface area is 160 Å². The van der Waals surface area contributed by atoms with Crippen LogP contribution in [0.25, 0.3) is 10.7 Å². The minimum absolute atomic E-state index is 0.0102. The molecule has 0 aliphatic carbocycles. The van der Waals surface area contributed by atoms with Crippen LogP contribution in [0.5, 0.6) is 0 Å². The van der Waals surface area contributed by atoms with Crippen LogP contribution in [0.2, 0.25) is 10.0 Å². The van der Waals surface area contributed by atoms with Crippen molar-refractivity contribution in [1.82, 2.24) is 14.9 Å². The highest BCUT2D eigenvalue weighted by Gasteiger charge is 2.14. The lowest BCUT2D eigenvalue weighted by Gasteiger charge is -2.17. The normalized spacial score (nSPS) is 10.7. The molecule has 128 valence electrons. The van der Waals surface area contributed by atoms with Gasteiger partial charge in [-0.15, -0.1) is 11.3 Å². The van der Waals surface area contributed by atoms with Crippen LogP contribution in [-0.2, 0) is 17.8 Å². The van der Waals surface area contributed by atoms with E-state index in [4.69, 9.17) is 23.2 Å². The molecule has 0 fully saturated rings. The maximum atomic E-state index is 12.4. The number of aromatic nitrogens is 2. The summed E-state index contributed by atoms with van der Waals surface area (Å²) in [6.07, 6.45) is 1.98. The highest BCUT2D eigenvalue weighted by molar-refractivity contribution is 7.13. The largest absolute Gasteiger partial charge is 0.341 e. The second-order valence-electron chi connectivity index (χ2n) is 5.53. The highest BCUT2D eigenvalue weighted by atomic mass is 35.5. The number of halogens is 2. The number of carbonyl (C=O) groups is 1. The van der Waals surface area contributed by atoms with Crippen LogP contribution in [-0.4, -0.2) is 27.8 Å². The fourth-order valence-corrected chi connectivity index (χ4v) is 3.40. The third-order valence-electron chi connectivity index (χ3n) is 3.60. The van der Waals surface area contributed by atoms with Crippen LogP contribution in [0.4, 0.5) is 0 Å². The molecular formula is C18H15Cl2N3OS. The van der Waals surface area contributed by atoms with Crippen molar-refractivity contribution in [3.63, 3.8) is 0 Å². The fourth-order valence-electron chi connectivity index (χ4n) is 2.29. The first-order valence-corrected chi connectivity index (χ1v) is 9.20. The molecule has 0 saturated heterocycles. The van der Waals surface area contributed by atoms with Gasteiger partial charge in [-0.1, -0.05) is 35.3 Å². The topological polar surface area (TPSA) is 46.1 Å². The third-order valence-corrected chi connectivity index (χ3v) is 5.25. The molecule has 0 radical (unpaired) electrons.